The molecule has 0 aromatic heterocycles. The van der Waals surface area contributed by atoms with Gasteiger partial charge in [0.25, 0.3) is 5.91 Å². The van der Waals surface area contributed by atoms with Crippen LogP contribution in [0.5, 0.6) is 0 Å². The molecule has 0 spiro atoms. The molecule has 0 bridgehead atoms. The molecule has 0 aliphatic heterocycles. The molecular formula is C20H25N3O4S. The SMILES string of the molecule is CC(C)CCC(=O)NNC(=O)c1cccc(S(=O)(=O)NCc2ccccc2)c1. The lowest BCUT2D eigenvalue weighted by Gasteiger charge is -2.10. The highest BCUT2D eigenvalue weighted by atomic mass is 32.2. The highest BCUT2D eigenvalue weighted by Crippen LogP contribution is 2.12. The summed E-state index contributed by atoms with van der Waals surface area (Å²) in [5.74, 6) is -0.500. The fraction of sp³-hybridized carbons (Fsp3) is 0.300. The molecular weight excluding hydrogens is 378 g/mol. The number of hydrogen-bond donors (Lipinski definition) is 3. The Morgan fingerprint density at radius 1 is 0.964 bits per heavy atom. The number of nitrogens with one attached hydrogen (secondary N) is 3. The minimum absolute atomic E-state index is 0.0257. The zero-order valence-electron chi connectivity index (χ0n) is 15.9. The Morgan fingerprint density at radius 3 is 2.36 bits per heavy atom. The molecule has 28 heavy (non-hydrogen) atoms. The number of benzene rings is 2. The zero-order chi connectivity index (χ0) is 20.6. The van der Waals surface area contributed by atoms with Crippen molar-refractivity contribution in [2.75, 3.05) is 0 Å². The summed E-state index contributed by atoms with van der Waals surface area (Å²) in [6.07, 6.45) is 1.01. The monoisotopic (exact) mass is 403 g/mol. The molecule has 2 aromatic carbocycles. The normalized spacial score (nSPS) is 11.2. The van der Waals surface area contributed by atoms with E-state index in [0.717, 1.165) is 5.56 Å². The van der Waals surface area contributed by atoms with Gasteiger partial charge in [-0.25, -0.2) is 13.1 Å². The quantitative estimate of drug-likeness (QED) is 0.589. The standard InChI is InChI=1S/C20H25N3O4S/c1-15(2)11-12-19(24)22-23-20(25)17-9-6-10-18(13-17)28(26,27)21-14-16-7-4-3-5-8-16/h3-10,13,15,21H,11-12,14H2,1-2H3,(H,22,24)(H,23,25). The molecule has 7 nitrogen and oxygen atoms in total. The van der Waals surface area contributed by atoms with Crippen molar-refractivity contribution in [3.05, 3.63) is 65.7 Å². The first-order chi connectivity index (χ1) is 13.3. The lowest BCUT2D eigenvalue weighted by molar-refractivity contribution is -0.122. The van der Waals surface area contributed by atoms with E-state index >= 15 is 0 Å². The fourth-order valence-corrected chi connectivity index (χ4v) is 3.41. The number of carbonyl (C=O) groups is 2. The minimum Gasteiger partial charge on any atom is -0.273 e. The van der Waals surface area contributed by atoms with Gasteiger partial charge in [-0.2, -0.15) is 0 Å². The van der Waals surface area contributed by atoms with Crippen molar-refractivity contribution < 1.29 is 18.0 Å². The van der Waals surface area contributed by atoms with Crippen LogP contribution in [0.2, 0.25) is 0 Å². The minimum atomic E-state index is -3.78. The van der Waals surface area contributed by atoms with E-state index in [0.29, 0.717) is 18.8 Å². The lowest BCUT2D eigenvalue weighted by atomic mass is 10.1. The number of sulfonamides is 1. The van der Waals surface area contributed by atoms with Gasteiger partial charge in [0.2, 0.25) is 15.9 Å². The van der Waals surface area contributed by atoms with Gasteiger partial charge in [0.15, 0.2) is 0 Å². The molecule has 0 fully saturated rings. The Labute approximate surface area is 165 Å². The Balaban J connectivity index is 1.98. The summed E-state index contributed by atoms with van der Waals surface area (Å²) in [7, 11) is -3.78. The third-order valence-corrected chi connectivity index (χ3v) is 5.38. The number of hydrogen-bond acceptors (Lipinski definition) is 4. The second kappa shape index (κ2) is 10.0. The Bertz CT molecular complexity index is 912. The van der Waals surface area contributed by atoms with Crippen molar-refractivity contribution in [2.24, 2.45) is 5.92 Å². The molecule has 150 valence electrons. The third kappa shape index (κ3) is 6.79. The van der Waals surface area contributed by atoms with E-state index in [1.54, 1.807) is 0 Å². The zero-order valence-corrected chi connectivity index (χ0v) is 16.8. The second-order valence-electron chi connectivity index (χ2n) is 6.77. The topological polar surface area (TPSA) is 104 Å². The highest BCUT2D eigenvalue weighted by Gasteiger charge is 2.16. The predicted molar refractivity (Wildman–Crippen MR) is 107 cm³/mol. The first-order valence-electron chi connectivity index (χ1n) is 9.01. The lowest BCUT2D eigenvalue weighted by Crippen LogP contribution is -2.41. The van der Waals surface area contributed by atoms with Crippen molar-refractivity contribution in [1.82, 2.24) is 15.6 Å². The first kappa shape index (κ1) is 21.6. The maximum Gasteiger partial charge on any atom is 0.269 e. The van der Waals surface area contributed by atoms with Gasteiger partial charge < -0.3 is 0 Å². The van der Waals surface area contributed by atoms with Crippen LogP contribution in [0, 0.1) is 5.92 Å². The summed E-state index contributed by atoms with van der Waals surface area (Å²) in [6, 6.07) is 14.8. The van der Waals surface area contributed by atoms with Gasteiger partial charge in [0, 0.05) is 18.5 Å². The average Bonchev–Trinajstić information content (AvgIpc) is 2.70. The number of carbonyl (C=O) groups excluding carboxylic acids is 2. The van der Waals surface area contributed by atoms with E-state index < -0.39 is 15.9 Å². The van der Waals surface area contributed by atoms with E-state index in [1.165, 1.54) is 24.3 Å². The Kier molecular flexibility index (Phi) is 7.71. The number of rotatable bonds is 8. The fourth-order valence-electron chi connectivity index (χ4n) is 2.34. The molecule has 2 aromatic rings. The summed E-state index contributed by atoms with van der Waals surface area (Å²) in [4.78, 5) is 23.9. The molecule has 0 radical (unpaired) electrons. The number of hydrazine groups is 1. The van der Waals surface area contributed by atoms with E-state index in [1.807, 2.05) is 44.2 Å². The Hall–Kier alpha value is -2.71. The molecule has 3 N–H and O–H groups in total. The van der Waals surface area contributed by atoms with E-state index in [-0.39, 0.29) is 22.9 Å². The summed E-state index contributed by atoms with van der Waals surface area (Å²) in [6.45, 7) is 4.15. The van der Waals surface area contributed by atoms with Gasteiger partial charge in [-0.1, -0.05) is 50.2 Å². The molecule has 0 saturated heterocycles. The third-order valence-electron chi connectivity index (χ3n) is 3.98. The summed E-state index contributed by atoms with van der Waals surface area (Å²) in [5, 5.41) is 0. The van der Waals surface area contributed by atoms with Gasteiger partial charge in [-0.15, -0.1) is 0 Å². The largest absolute Gasteiger partial charge is 0.273 e. The van der Waals surface area contributed by atoms with Gasteiger partial charge in [0.05, 0.1) is 4.90 Å². The second-order valence-corrected chi connectivity index (χ2v) is 8.54. The molecule has 0 aliphatic carbocycles. The number of amides is 2. The van der Waals surface area contributed by atoms with Crippen LogP contribution >= 0.6 is 0 Å². The van der Waals surface area contributed by atoms with E-state index in [4.69, 9.17) is 0 Å². The molecule has 0 saturated carbocycles. The molecule has 0 atom stereocenters. The maximum absolute atomic E-state index is 12.5. The van der Waals surface area contributed by atoms with E-state index in [9.17, 15) is 18.0 Å². The summed E-state index contributed by atoms with van der Waals surface area (Å²) < 4.78 is 27.5. The van der Waals surface area contributed by atoms with Crippen LogP contribution in [-0.4, -0.2) is 20.2 Å². The van der Waals surface area contributed by atoms with Crippen molar-refractivity contribution in [3.8, 4) is 0 Å². The van der Waals surface area contributed by atoms with Crippen LogP contribution in [0.15, 0.2) is 59.5 Å². The smallest absolute Gasteiger partial charge is 0.269 e. The predicted octanol–water partition coefficient (Wildman–Crippen LogP) is 2.36. The van der Waals surface area contributed by atoms with Crippen LogP contribution in [0.1, 0.15) is 42.6 Å². The molecule has 2 amide bonds. The maximum atomic E-state index is 12.5. The van der Waals surface area contributed by atoms with Gasteiger partial charge in [0.1, 0.15) is 0 Å². The highest BCUT2D eigenvalue weighted by molar-refractivity contribution is 7.89. The van der Waals surface area contributed by atoms with Crippen molar-refractivity contribution >= 4 is 21.8 Å². The van der Waals surface area contributed by atoms with Crippen LogP contribution in [0.3, 0.4) is 0 Å². The van der Waals surface area contributed by atoms with Crippen molar-refractivity contribution in [3.63, 3.8) is 0 Å². The van der Waals surface area contributed by atoms with Crippen molar-refractivity contribution in [2.45, 2.75) is 38.1 Å². The average molecular weight is 404 g/mol. The first-order valence-corrected chi connectivity index (χ1v) is 10.5. The van der Waals surface area contributed by atoms with Gasteiger partial charge >= 0.3 is 0 Å². The van der Waals surface area contributed by atoms with Crippen molar-refractivity contribution in [1.29, 1.82) is 0 Å². The molecule has 2 rings (SSSR count). The molecule has 0 aliphatic rings. The summed E-state index contributed by atoms with van der Waals surface area (Å²) >= 11 is 0. The van der Waals surface area contributed by atoms with Crippen LogP contribution in [0.25, 0.3) is 0 Å². The molecule has 0 unspecified atom stereocenters. The van der Waals surface area contributed by atoms with Crippen LogP contribution in [0.4, 0.5) is 0 Å². The Morgan fingerprint density at radius 2 is 1.68 bits per heavy atom. The van der Waals surface area contributed by atoms with E-state index in [2.05, 4.69) is 15.6 Å². The summed E-state index contributed by atoms with van der Waals surface area (Å²) in [5.41, 5.74) is 5.60. The van der Waals surface area contributed by atoms with Gasteiger partial charge in [-0.05, 0) is 36.1 Å². The molecule has 0 heterocycles. The molecule has 8 heteroatoms. The van der Waals surface area contributed by atoms with Gasteiger partial charge in [-0.3, -0.25) is 20.4 Å². The van der Waals surface area contributed by atoms with Crippen LogP contribution in [-0.2, 0) is 21.4 Å². The van der Waals surface area contributed by atoms with Crippen LogP contribution < -0.4 is 15.6 Å².